The number of ether oxygens (including phenoxy) is 1. The van der Waals surface area contributed by atoms with Crippen LogP contribution in [0.4, 0.5) is 10.1 Å². The Bertz CT molecular complexity index is 808. The molecule has 0 bridgehead atoms. The third-order valence-electron chi connectivity index (χ3n) is 4.53. The number of nitrogens with one attached hydrogen (secondary N) is 1. The van der Waals surface area contributed by atoms with Gasteiger partial charge >= 0.3 is 0 Å². The summed E-state index contributed by atoms with van der Waals surface area (Å²) >= 11 is 5.73. The summed E-state index contributed by atoms with van der Waals surface area (Å²) < 4.78 is 19.4. The van der Waals surface area contributed by atoms with Crippen molar-refractivity contribution >= 4 is 29.1 Å². The van der Waals surface area contributed by atoms with E-state index >= 15 is 0 Å². The molecule has 1 fully saturated rings. The molecule has 27 heavy (non-hydrogen) atoms. The first-order chi connectivity index (χ1) is 13.0. The van der Waals surface area contributed by atoms with Gasteiger partial charge in [0.25, 0.3) is 5.91 Å². The monoisotopic (exact) mass is 390 g/mol. The Morgan fingerprint density at radius 3 is 2.52 bits per heavy atom. The Hall–Kier alpha value is -2.60. The molecule has 7 heteroatoms. The van der Waals surface area contributed by atoms with Gasteiger partial charge < -0.3 is 15.0 Å². The maximum atomic E-state index is 13.9. The lowest BCUT2D eigenvalue weighted by atomic mass is 9.95. The van der Waals surface area contributed by atoms with Crippen LogP contribution in [0.5, 0.6) is 5.75 Å². The number of anilines is 1. The van der Waals surface area contributed by atoms with Gasteiger partial charge in [-0.2, -0.15) is 0 Å². The van der Waals surface area contributed by atoms with Crippen LogP contribution >= 0.6 is 11.6 Å². The number of likely N-dealkylation sites (tertiary alicyclic amines) is 1. The molecule has 1 N–H and O–H groups in total. The summed E-state index contributed by atoms with van der Waals surface area (Å²) in [6.45, 7) is 0.898. The van der Waals surface area contributed by atoms with Crippen LogP contribution in [0.15, 0.2) is 48.5 Å². The van der Waals surface area contributed by atoms with Gasteiger partial charge in [0, 0.05) is 19.0 Å². The van der Waals surface area contributed by atoms with Gasteiger partial charge in [0.2, 0.25) is 5.91 Å². The number of piperidine rings is 1. The van der Waals surface area contributed by atoms with E-state index in [0.717, 1.165) is 0 Å². The average molecular weight is 391 g/mol. The lowest BCUT2D eigenvalue weighted by Crippen LogP contribution is -2.43. The summed E-state index contributed by atoms with van der Waals surface area (Å²) in [6, 6.07) is 13.6. The smallest absolute Gasteiger partial charge is 0.260 e. The average Bonchev–Trinajstić information content (AvgIpc) is 2.70. The highest BCUT2D eigenvalue weighted by molar-refractivity contribution is 6.31. The van der Waals surface area contributed by atoms with Gasteiger partial charge in [0.15, 0.2) is 12.4 Å². The molecule has 2 aromatic rings. The van der Waals surface area contributed by atoms with E-state index < -0.39 is 5.82 Å². The second kappa shape index (κ2) is 8.86. The number of hydrogen-bond acceptors (Lipinski definition) is 3. The van der Waals surface area contributed by atoms with Crippen molar-refractivity contribution < 1.29 is 18.7 Å². The molecule has 0 unspecified atom stereocenters. The molecule has 0 radical (unpaired) electrons. The highest BCUT2D eigenvalue weighted by atomic mass is 35.5. The number of carbonyl (C=O) groups is 2. The van der Waals surface area contributed by atoms with Gasteiger partial charge in [-0.05, 0) is 37.1 Å². The summed E-state index contributed by atoms with van der Waals surface area (Å²) in [5.41, 5.74) is 0.0715. The molecule has 1 aliphatic heterocycles. The van der Waals surface area contributed by atoms with Crippen molar-refractivity contribution in [1.82, 2.24) is 4.90 Å². The quantitative estimate of drug-likeness (QED) is 0.846. The molecule has 3 rings (SSSR count). The number of hydrogen-bond donors (Lipinski definition) is 1. The Labute approximate surface area is 162 Å². The maximum Gasteiger partial charge on any atom is 0.260 e. The summed E-state index contributed by atoms with van der Waals surface area (Å²) in [6.07, 6.45) is 1.04. The molecule has 0 aliphatic carbocycles. The molecule has 1 saturated heterocycles. The van der Waals surface area contributed by atoms with Crippen LogP contribution in [0, 0.1) is 11.7 Å². The molecule has 0 atom stereocenters. The van der Waals surface area contributed by atoms with Gasteiger partial charge in [-0.3, -0.25) is 9.59 Å². The molecule has 0 spiro atoms. The van der Waals surface area contributed by atoms with E-state index in [9.17, 15) is 14.0 Å². The second-order valence-corrected chi connectivity index (χ2v) is 6.75. The number of amides is 2. The van der Waals surface area contributed by atoms with Crippen molar-refractivity contribution in [2.24, 2.45) is 5.92 Å². The zero-order valence-corrected chi connectivity index (χ0v) is 15.4. The molecular formula is C20H20ClFN2O3. The predicted octanol–water partition coefficient (Wildman–Crippen LogP) is 3.74. The number of halogens is 2. The SMILES string of the molecule is O=C(Nc1cccc(Cl)c1F)C1CCN(C(=O)COc2ccccc2)CC1. The van der Waals surface area contributed by atoms with E-state index in [1.807, 2.05) is 18.2 Å². The minimum absolute atomic E-state index is 0.0331. The first-order valence-corrected chi connectivity index (χ1v) is 9.13. The van der Waals surface area contributed by atoms with Crippen LogP contribution in [-0.4, -0.2) is 36.4 Å². The van der Waals surface area contributed by atoms with Crippen molar-refractivity contribution in [3.05, 3.63) is 59.4 Å². The zero-order chi connectivity index (χ0) is 19.2. The van der Waals surface area contributed by atoms with Crippen molar-refractivity contribution in [3.63, 3.8) is 0 Å². The third kappa shape index (κ3) is 4.98. The molecule has 1 heterocycles. The molecular weight excluding hydrogens is 371 g/mol. The normalized spacial score (nSPS) is 14.7. The van der Waals surface area contributed by atoms with Crippen LogP contribution in [0.1, 0.15) is 12.8 Å². The summed E-state index contributed by atoms with van der Waals surface area (Å²) in [7, 11) is 0. The van der Waals surface area contributed by atoms with E-state index in [-0.39, 0.29) is 35.0 Å². The minimum atomic E-state index is -0.641. The predicted molar refractivity (Wildman–Crippen MR) is 101 cm³/mol. The minimum Gasteiger partial charge on any atom is -0.484 e. The topological polar surface area (TPSA) is 58.6 Å². The number of carbonyl (C=O) groups excluding carboxylic acids is 2. The Morgan fingerprint density at radius 2 is 1.81 bits per heavy atom. The first-order valence-electron chi connectivity index (χ1n) is 8.75. The van der Waals surface area contributed by atoms with Gasteiger partial charge in [0.05, 0.1) is 10.7 Å². The van der Waals surface area contributed by atoms with E-state index in [1.54, 1.807) is 23.1 Å². The van der Waals surface area contributed by atoms with Crippen LogP contribution in [0.25, 0.3) is 0 Å². The molecule has 0 aromatic heterocycles. The molecule has 142 valence electrons. The van der Waals surface area contributed by atoms with Crippen molar-refractivity contribution in [3.8, 4) is 5.75 Å². The van der Waals surface area contributed by atoms with Crippen molar-refractivity contribution in [2.45, 2.75) is 12.8 Å². The second-order valence-electron chi connectivity index (χ2n) is 6.35. The van der Waals surface area contributed by atoms with Gasteiger partial charge in [-0.1, -0.05) is 35.9 Å². The number of benzene rings is 2. The van der Waals surface area contributed by atoms with E-state index in [0.29, 0.717) is 31.7 Å². The zero-order valence-electron chi connectivity index (χ0n) is 14.7. The molecule has 5 nitrogen and oxygen atoms in total. The largest absolute Gasteiger partial charge is 0.484 e. The summed E-state index contributed by atoms with van der Waals surface area (Å²) in [4.78, 5) is 26.3. The van der Waals surface area contributed by atoms with E-state index in [4.69, 9.17) is 16.3 Å². The van der Waals surface area contributed by atoms with Crippen molar-refractivity contribution in [1.29, 1.82) is 0 Å². The van der Waals surface area contributed by atoms with Crippen LogP contribution in [0.3, 0.4) is 0 Å². The highest BCUT2D eigenvalue weighted by Crippen LogP contribution is 2.24. The molecule has 1 aliphatic rings. The van der Waals surface area contributed by atoms with Crippen molar-refractivity contribution in [2.75, 3.05) is 25.0 Å². The first kappa shape index (κ1) is 19.2. The third-order valence-corrected chi connectivity index (χ3v) is 4.83. The van der Waals surface area contributed by atoms with Crippen LogP contribution in [0.2, 0.25) is 5.02 Å². The van der Waals surface area contributed by atoms with Gasteiger partial charge in [-0.15, -0.1) is 0 Å². The maximum absolute atomic E-state index is 13.9. The molecule has 2 aromatic carbocycles. The Kier molecular flexibility index (Phi) is 6.29. The number of nitrogens with zero attached hydrogens (tertiary/aromatic N) is 1. The Balaban J connectivity index is 1.47. The van der Waals surface area contributed by atoms with E-state index in [1.165, 1.54) is 12.1 Å². The van der Waals surface area contributed by atoms with Gasteiger partial charge in [-0.25, -0.2) is 4.39 Å². The fourth-order valence-corrected chi connectivity index (χ4v) is 3.15. The highest BCUT2D eigenvalue weighted by Gasteiger charge is 2.28. The van der Waals surface area contributed by atoms with Crippen LogP contribution in [-0.2, 0) is 9.59 Å². The van der Waals surface area contributed by atoms with Crippen LogP contribution < -0.4 is 10.1 Å². The molecule has 2 amide bonds. The fourth-order valence-electron chi connectivity index (χ4n) is 2.98. The fraction of sp³-hybridized carbons (Fsp3) is 0.300. The number of para-hydroxylation sites is 1. The lowest BCUT2D eigenvalue weighted by molar-refractivity contribution is -0.136. The van der Waals surface area contributed by atoms with E-state index in [2.05, 4.69) is 5.32 Å². The standard InChI is InChI=1S/C20H20ClFN2O3/c21-16-7-4-8-17(19(16)22)23-20(26)14-9-11-24(12-10-14)18(25)13-27-15-5-2-1-3-6-15/h1-8,14H,9-13H2,(H,23,26). The molecule has 0 saturated carbocycles. The van der Waals surface area contributed by atoms with Gasteiger partial charge in [0.1, 0.15) is 5.75 Å². The summed E-state index contributed by atoms with van der Waals surface area (Å²) in [5.74, 6) is -0.647. The number of rotatable bonds is 5. The lowest BCUT2D eigenvalue weighted by Gasteiger charge is -2.31. The summed E-state index contributed by atoms with van der Waals surface area (Å²) in [5, 5.41) is 2.55. The Morgan fingerprint density at radius 1 is 1.11 bits per heavy atom.